The molecule has 3 atom stereocenters. The van der Waals surface area contributed by atoms with Crippen LogP contribution < -0.4 is 5.73 Å². The van der Waals surface area contributed by atoms with E-state index in [1.54, 1.807) is 0 Å². The largest absolute Gasteiger partial charge is 0.315 e. The van der Waals surface area contributed by atoms with Gasteiger partial charge < -0.3 is 5.73 Å². The fraction of sp³-hybridized carbons (Fsp3) is 0.778. The van der Waals surface area contributed by atoms with E-state index in [1.165, 1.54) is 19.3 Å². The van der Waals surface area contributed by atoms with Gasteiger partial charge in [-0.25, -0.2) is 0 Å². The van der Waals surface area contributed by atoms with E-state index >= 15 is 0 Å². The van der Waals surface area contributed by atoms with Crippen molar-refractivity contribution in [1.82, 2.24) is 0 Å². The van der Waals surface area contributed by atoms with Crippen LogP contribution in [0.2, 0.25) is 0 Å². The van der Waals surface area contributed by atoms with Crippen LogP contribution >= 0.6 is 12.4 Å². The Kier molecular flexibility index (Phi) is 2.18. The minimum atomic E-state index is -0.207. The Bertz CT molecular complexity index is 196. The van der Waals surface area contributed by atoms with Crippen molar-refractivity contribution in [1.29, 1.82) is 0 Å². The van der Waals surface area contributed by atoms with Gasteiger partial charge in [0.05, 0.1) is 5.54 Å². The summed E-state index contributed by atoms with van der Waals surface area (Å²) in [6, 6.07) is 0. The molecule has 0 saturated heterocycles. The van der Waals surface area contributed by atoms with Crippen LogP contribution in [0.4, 0.5) is 0 Å². The summed E-state index contributed by atoms with van der Waals surface area (Å²) in [5, 5.41) is 0. The quantitative estimate of drug-likeness (QED) is 0.550. The van der Waals surface area contributed by atoms with Crippen molar-refractivity contribution in [2.75, 3.05) is 0 Å². The molecule has 0 aliphatic heterocycles. The van der Waals surface area contributed by atoms with Gasteiger partial charge in [0.15, 0.2) is 0 Å². The summed E-state index contributed by atoms with van der Waals surface area (Å²) in [5.41, 5.74) is 5.74. The molecule has 2 fully saturated rings. The molecule has 2 N–H and O–H groups in total. The van der Waals surface area contributed by atoms with Crippen molar-refractivity contribution < 1.29 is 0 Å². The molecule has 2 aliphatic rings. The topological polar surface area (TPSA) is 26.0 Å². The normalized spacial score (nSPS) is 46.5. The average molecular weight is 172 g/mol. The first-order valence-electron chi connectivity index (χ1n) is 4.03. The highest BCUT2D eigenvalue weighted by Gasteiger charge is 2.51. The van der Waals surface area contributed by atoms with E-state index < -0.39 is 0 Å². The number of rotatable bonds is 0. The molecule has 3 unspecified atom stereocenters. The lowest BCUT2D eigenvalue weighted by atomic mass is 9.62. The van der Waals surface area contributed by atoms with Crippen LogP contribution in [0.5, 0.6) is 0 Å². The van der Waals surface area contributed by atoms with Gasteiger partial charge in [-0.2, -0.15) is 0 Å². The van der Waals surface area contributed by atoms with E-state index in [0.717, 1.165) is 12.3 Å². The van der Waals surface area contributed by atoms with Gasteiger partial charge in [-0.05, 0) is 31.1 Å². The molecule has 0 aromatic carbocycles. The highest BCUT2D eigenvalue weighted by atomic mass is 35.5. The molecule has 0 radical (unpaired) electrons. The van der Waals surface area contributed by atoms with Crippen LogP contribution in [0.1, 0.15) is 25.7 Å². The van der Waals surface area contributed by atoms with Crippen molar-refractivity contribution in [3.05, 3.63) is 0 Å². The predicted octanol–water partition coefficient (Wildman–Crippen LogP) is 1.56. The van der Waals surface area contributed by atoms with E-state index in [4.69, 9.17) is 12.2 Å². The molecule has 0 aromatic rings. The monoisotopic (exact) mass is 171 g/mol. The number of halogens is 1. The van der Waals surface area contributed by atoms with E-state index in [0.29, 0.717) is 5.92 Å². The maximum absolute atomic E-state index is 5.95. The second-order valence-corrected chi connectivity index (χ2v) is 3.69. The summed E-state index contributed by atoms with van der Waals surface area (Å²) in [7, 11) is 0. The fourth-order valence-corrected chi connectivity index (χ4v) is 2.55. The Morgan fingerprint density at radius 3 is 2.73 bits per heavy atom. The molecule has 2 saturated carbocycles. The van der Waals surface area contributed by atoms with Crippen LogP contribution in [-0.2, 0) is 0 Å². The molecule has 0 amide bonds. The summed E-state index contributed by atoms with van der Waals surface area (Å²) in [6.07, 6.45) is 10.4. The molecular formula is C9H14ClN. The first-order valence-corrected chi connectivity index (χ1v) is 4.03. The van der Waals surface area contributed by atoms with E-state index in [-0.39, 0.29) is 17.9 Å². The lowest BCUT2D eigenvalue weighted by Gasteiger charge is -2.46. The van der Waals surface area contributed by atoms with Crippen molar-refractivity contribution >= 4 is 12.4 Å². The van der Waals surface area contributed by atoms with Crippen LogP contribution in [0.3, 0.4) is 0 Å². The minimum absolute atomic E-state index is 0. The molecule has 62 valence electrons. The molecule has 2 rings (SSSR count). The fourth-order valence-electron chi connectivity index (χ4n) is 2.55. The number of nitrogens with two attached hydrogens (primary N) is 1. The number of fused-ring (bicyclic) bond motifs is 1. The maximum atomic E-state index is 5.95. The Morgan fingerprint density at radius 2 is 2.18 bits per heavy atom. The van der Waals surface area contributed by atoms with Crippen molar-refractivity contribution in [3.63, 3.8) is 0 Å². The molecule has 0 aromatic heterocycles. The zero-order chi connectivity index (χ0) is 7.19. The lowest BCUT2D eigenvalue weighted by molar-refractivity contribution is 0.116. The summed E-state index contributed by atoms with van der Waals surface area (Å²) in [6.45, 7) is 0. The van der Waals surface area contributed by atoms with E-state index in [9.17, 15) is 0 Å². The molecule has 0 heterocycles. The van der Waals surface area contributed by atoms with Crippen molar-refractivity contribution in [3.8, 4) is 12.3 Å². The molecule has 0 spiro atoms. The highest BCUT2D eigenvalue weighted by Crippen LogP contribution is 2.51. The van der Waals surface area contributed by atoms with Gasteiger partial charge >= 0.3 is 0 Å². The standard InChI is InChI=1S/C9H13N.ClH/c1-2-9(10)6-7-4-3-5-8(7)9;/h1,7-8H,3-6,10H2;1H. The van der Waals surface area contributed by atoms with Crippen molar-refractivity contribution in [2.24, 2.45) is 17.6 Å². The van der Waals surface area contributed by atoms with Crippen LogP contribution in [-0.4, -0.2) is 5.54 Å². The van der Waals surface area contributed by atoms with Gasteiger partial charge in [0.2, 0.25) is 0 Å². The Labute approximate surface area is 74.1 Å². The van der Waals surface area contributed by atoms with Crippen molar-refractivity contribution in [2.45, 2.75) is 31.2 Å². The summed E-state index contributed by atoms with van der Waals surface area (Å²) in [5.74, 6) is 4.27. The first kappa shape index (κ1) is 8.90. The molecule has 11 heavy (non-hydrogen) atoms. The van der Waals surface area contributed by atoms with Crippen LogP contribution in [0.25, 0.3) is 0 Å². The SMILES string of the molecule is C#CC1(N)CC2CCCC21.Cl. The van der Waals surface area contributed by atoms with E-state index in [1.807, 2.05) is 0 Å². The highest BCUT2D eigenvalue weighted by molar-refractivity contribution is 5.85. The van der Waals surface area contributed by atoms with Crippen LogP contribution in [0, 0.1) is 24.2 Å². The second-order valence-electron chi connectivity index (χ2n) is 3.69. The lowest BCUT2D eigenvalue weighted by Crippen LogP contribution is -2.57. The van der Waals surface area contributed by atoms with Gasteiger partial charge in [0, 0.05) is 0 Å². The van der Waals surface area contributed by atoms with Crippen LogP contribution in [0.15, 0.2) is 0 Å². The average Bonchev–Trinajstić information content (AvgIpc) is 2.30. The van der Waals surface area contributed by atoms with Gasteiger partial charge in [-0.1, -0.05) is 12.3 Å². The Morgan fingerprint density at radius 1 is 1.45 bits per heavy atom. The Balaban J connectivity index is 0.000000605. The third-order valence-electron chi connectivity index (χ3n) is 3.19. The molecular weight excluding hydrogens is 158 g/mol. The third-order valence-corrected chi connectivity index (χ3v) is 3.19. The minimum Gasteiger partial charge on any atom is -0.315 e. The maximum Gasteiger partial charge on any atom is 0.0807 e. The van der Waals surface area contributed by atoms with Gasteiger partial charge in [-0.15, -0.1) is 18.8 Å². The summed E-state index contributed by atoms with van der Waals surface area (Å²) < 4.78 is 0. The molecule has 1 nitrogen and oxygen atoms in total. The third kappa shape index (κ3) is 1.06. The number of hydrogen-bond acceptors (Lipinski definition) is 1. The van der Waals surface area contributed by atoms with Gasteiger partial charge in [-0.3, -0.25) is 0 Å². The molecule has 2 aliphatic carbocycles. The summed E-state index contributed by atoms with van der Waals surface area (Å²) in [4.78, 5) is 0. The Hall–Kier alpha value is -0.190. The zero-order valence-electron chi connectivity index (χ0n) is 6.55. The second kappa shape index (κ2) is 2.69. The van der Waals surface area contributed by atoms with Gasteiger partial charge in [0.1, 0.15) is 0 Å². The molecule has 2 heteroatoms. The first-order chi connectivity index (χ1) is 4.76. The summed E-state index contributed by atoms with van der Waals surface area (Å²) >= 11 is 0. The number of terminal acetylenes is 1. The zero-order valence-corrected chi connectivity index (χ0v) is 7.36. The number of hydrogen-bond donors (Lipinski definition) is 1. The predicted molar refractivity (Wildman–Crippen MR) is 48.4 cm³/mol. The smallest absolute Gasteiger partial charge is 0.0807 e. The van der Waals surface area contributed by atoms with E-state index in [2.05, 4.69) is 5.92 Å². The molecule has 0 bridgehead atoms. The van der Waals surface area contributed by atoms with Gasteiger partial charge in [0.25, 0.3) is 0 Å².